The molecular weight excluding hydrogens is 346 g/mol. The second-order valence-electron chi connectivity index (χ2n) is 6.16. The number of fused-ring (bicyclic) bond motifs is 1. The van der Waals surface area contributed by atoms with Gasteiger partial charge in [0.25, 0.3) is 5.56 Å². The maximum Gasteiger partial charge on any atom is 0.311 e. The summed E-state index contributed by atoms with van der Waals surface area (Å²) < 4.78 is 10.5. The zero-order chi connectivity index (χ0) is 19.6. The lowest BCUT2D eigenvalue weighted by molar-refractivity contribution is -0.142. The third-order valence-electron chi connectivity index (χ3n) is 4.39. The molecule has 0 amide bonds. The van der Waals surface area contributed by atoms with Crippen molar-refractivity contribution in [2.45, 2.75) is 27.2 Å². The molecule has 140 valence electrons. The number of aryl methyl sites for hydroxylation is 1. The first-order valence-electron chi connectivity index (χ1n) is 8.63. The minimum absolute atomic E-state index is 0.0207. The number of hydrogen-bond acceptors (Lipinski definition) is 6. The fraction of sp³-hybridized carbons (Fsp3) is 0.300. The van der Waals surface area contributed by atoms with E-state index in [1.54, 1.807) is 20.1 Å². The highest BCUT2D eigenvalue weighted by Crippen LogP contribution is 2.35. The molecule has 2 aromatic heterocycles. The summed E-state index contributed by atoms with van der Waals surface area (Å²) >= 11 is 0. The van der Waals surface area contributed by atoms with E-state index in [2.05, 4.69) is 15.0 Å². The second-order valence-corrected chi connectivity index (χ2v) is 6.16. The van der Waals surface area contributed by atoms with Crippen molar-refractivity contribution in [3.8, 4) is 17.0 Å². The molecule has 3 rings (SSSR count). The fourth-order valence-corrected chi connectivity index (χ4v) is 3.17. The molecule has 0 spiro atoms. The fourth-order valence-electron chi connectivity index (χ4n) is 3.17. The van der Waals surface area contributed by atoms with Crippen molar-refractivity contribution in [1.29, 1.82) is 0 Å². The van der Waals surface area contributed by atoms with Crippen LogP contribution in [0.5, 0.6) is 5.75 Å². The lowest BCUT2D eigenvalue weighted by atomic mass is 9.96. The summed E-state index contributed by atoms with van der Waals surface area (Å²) in [6, 6.07) is 5.41. The standard InChI is InChI=1S/C20H21N3O4/c1-5-27-16(24)9-13-8-14-18(21-10-22-20(14)25)19(23-13)17-11(2)6-7-15(26-4)12(17)3/h6-8,10H,5,9H2,1-4H3,(H,21,22,25). The van der Waals surface area contributed by atoms with Gasteiger partial charge >= 0.3 is 5.97 Å². The van der Waals surface area contributed by atoms with Gasteiger partial charge in [0.2, 0.25) is 0 Å². The number of nitrogens with zero attached hydrogens (tertiary/aromatic N) is 2. The summed E-state index contributed by atoms with van der Waals surface area (Å²) in [7, 11) is 1.60. The van der Waals surface area contributed by atoms with E-state index in [0.29, 0.717) is 28.0 Å². The van der Waals surface area contributed by atoms with Crippen LogP contribution in [-0.2, 0) is 16.0 Å². The number of aromatic nitrogens is 3. The summed E-state index contributed by atoms with van der Waals surface area (Å²) in [6.07, 6.45) is 1.33. The van der Waals surface area contributed by atoms with Crippen molar-refractivity contribution in [2.24, 2.45) is 0 Å². The van der Waals surface area contributed by atoms with Crippen LogP contribution >= 0.6 is 0 Å². The van der Waals surface area contributed by atoms with E-state index in [0.717, 1.165) is 16.7 Å². The second kappa shape index (κ2) is 7.57. The molecule has 0 saturated carbocycles. The number of esters is 1. The van der Waals surface area contributed by atoms with Gasteiger partial charge in [-0.15, -0.1) is 0 Å². The maximum absolute atomic E-state index is 12.4. The Morgan fingerprint density at radius 3 is 2.74 bits per heavy atom. The molecule has 0 atom stereocenters. The maximum atomic E-state index is 12.4. The molecule has 0 aliphatic carbocycles. The summed E-state index contributed by atoms with van der Waals surface area (Å²) in [6.45, 7) is 5.92. The van der Waals surface area contributed by atoms with Crippen LogP contribution in [0.4, 0.5) is 0 Å². The monoisotopic (exact) mass is 367 g/mol. The van der Waals surface area contributed by atoms with E-state index in [4.69, 9.17) is 9.47 Å². The van der Waals surface area contributed by atoms with Gasteiger partial charge in [-0.3, -0.25) is 9.59 Å². The molecule has 0 aliphatic rings. The molecular formula is C20H21N3O4. The topological polar surface area (TPSA) is 94.2 Å². The Labute approximate surface area is 156 Å². The highest BCUT2D eigenvalue weighted by atomic mass is 16.5. The Bertz CT molecular complexity index is 1070. The van der Waals surface area contributed by atoms with Gasteiger partial charge in [-0.1, -0.05) is 6.07 Å². The van der Waals surface area contributed by atoms with Gasteiger partial charge < -0.3 is 14.5 Å². The van der Waals surface area contributed by atoms with E-state index in [1.807, 2.05) is 26.0 Å². The average molecular weight is 367 g/mol. The highest BCUT2D eigenvalue weighted by Gasteiger charge is 2.19. The van der Waals surface area contributed by atoms with Crippen LogP contribution < -0.4 is 10.3 Å². The summed E-state index contributed by atoms with van der Waals surface area (Å²) in [4.78, 5) is 35.9. The van der Waals surface area contributed by atoms with E-state index in [9.17, 15) is 9.59 Å². The smallest absolute Gasteiger partial charge is 0.311 e. The molecule has 1 N–H and O–H groups in total. The Kier molecular flexibility index (Phi) is 5.21. The summed E-state index contributed by atoms with van der Waals surface area (Å²) in [5.74, 6) is 0.320. The predicted octanol–water partition coefficient (Wildman–Crippen LogP) is 2.72. The number of methoxy groups -OCH3 is 1. The number of carbonyl (C=O) groups is 1. The predicted molar refractivity (Wildman–Crippen MR) is 102 cm³/mol. The molecule has 2 heterocycles. The Hall–Kier alpha value is -3.22. The van der Waals surface area contributed by atoms with Crippen molar-refractivity contribution in [1.82, 2.24) is 15.0 Å². The normalized spacial score (nSPS) is 10.8. The van der Waals surface area contributed by atoms with Gasteiger partial charge in [0, 0.05) is 11.1 Å². The largest absolute Gasteiger partial charge is 0.496 e. The number of benzene rings is 1. The van der Waals surface area contributed by atoms with Crippen LogP contribution in [0.1, 0.15) is 23.7 Å². The van der Waals surface area contributed by atoms with E-state index >= 15 is 0 Å². The summed E-state index contributed by atoms with van der Waals surface area (Å²) in [5.41, 5.74) is 3.89. The van der Waals surface area contributed by atoms with Gasteiger partial charge in [0.15, 0.2) is 0 Å². The van der Waals surface area contributed by atoms with Crippen molar-refractivity contribution in [2.75, 3.05) is 13.7 Å². The van der Waals surface area contributed by atoms with Crippen molar-refractivity contribution < 1.29 is 14.3 Å². The first kappa shape index (κ1) is 18.6. The Morgan fingerprint density at radius 1 is 1.26 bits per heavy atom. The number of rotatable bonds is 5. The first-order chi connectivity index (χ1) is 13.0. The molecule has 0 aliphatic heterocycles. The van der Waals surface area contributed by atoms with Crippen molar-refractivity contribution >= 4 is 16.9 Å². The third-order valence-corrected chi connectivity index (χ3v) is 4.39. The molecule has 0 saturated heterocycles. The summed E-state index contributed by atoms with van der Waals surface area (Å²) in [5, 5.41) is 0.378. The molecule has 7 heteroatoms. The Morgan fingerprint density at radius 2 is 2.04 bits per heavy atom. The average Bonchev–Trinajstić information content (AvgIpc) is 2.63. The molecule has 3 aromatic rings. The van der Waals surface area contributed by atoms with E-state index in [-0.39, 0.29) is 18.6 Å². The van der Waals surface area contributed by atoms with Gasteiger partial charge in [-0.2, -0.15) is 0 Å². The lowest BCUT2D eigenvalue weighted by Gasteiger charge is -2.15. The lowest BCUT2D eigenvalue weighted by Crippen LogP contribution is -2.13. The Balaban J connectivity index is 2.31. The van der Waals surface area contributed by atoms with Gasteiger partial charge in [0.05, 0.1) is 43.2 Å². The van der Waals surface area contributed by atoms with Crippen LogP contribution in [-0.4, -0.2) is 34.6 Å². The molecule has 0 unspecified atom stereocenters. The SMILES string of the molecule is CCOC(=O)Cc1cc2c(=O)[nH]cnc2c(-c2c(C)ccc(OC)c2C)n1. The molecule has 0 bridgehead atoms. The molecule has 1 aromatic carbocycles. The van der Waals surface area contributed by atoms with Crippen molar-refractivity contribution in [3.63, 3.8) is 0 Å². The van der Waals surface area contributed by atoms with Crippen molar-refractivity contribution in [3.05, 3.63) is 51.7 Å². The number of ether oxygens (including phenoxy) is 2. The number of carbonyl (C=O) groups excluding carboxylic acids is 1. The minimum Gasteiger partial charge on any atom is -0.496 e. The zero-order valence-corrected chi connectivity index (χ0v) is 15.8. The van der Waals surface area contributed by atoms with Gasteiger partial charge in [-0.05, 0) is 38.5 Å². The van der Waals surface area contributed by atoms with E-state index in [1.165, 1.54) is 6.33 Å². The molecule has 27 heavy (non-hydrogen) atoms. The third kappa shape index (κ3) is 3.53. The van der Waals surface area contributed by atoms with Crippen LogP contribution in [0.25, 0.3) is 22.2 Å². The molecule has 7 nitrogen and oxygen atoms in total. The van der Waals surface area contributed by atoms with E-state index < -0.39 is 5.97 Å². The van der Waals surface area contributed by atoms with Crippen LogP contribution in [0, 0.1) is 13.8 Å². The van der Waals surface area contributed by atoms with Crippen LogP contribution in [0.2, 0.25) is 0 Å². The zero-order valence-electron chi connectivity index (χ0n) is 15.8. The first-order valence-corrected chi connectivity index (χ1v) is 8.63. The number of H-pyrrole nitrogens is 1. The number of hydrogen-bond donors (Lipinski definition) is 1. The van der Waals surface area contributed by atoms with Crippen LogP contribution in [0.15, 0.2) is 29.3 Å². The number of pyridine rings is 1. The number of nitrogens with one attached hydrogen (secondary N) is 1. The number of aromatic amines is 1. The minimum atomic E-state index is -0.394. The quantitative estimate of drug-likeness (QED) is 0.697. The highest BCUT2D eigenvalue weighted by molar-refractivity contribution is 5.93. The van der Waals surface area contributed by atoms with Crippen LogP contribution in [0.3, 0.4) is 0 Å². The molecule has 0 radical (unpaired) electrons. The van der Waals surface area contributed by atoms with Gasteiger partial charge in [0.1, 0.15) is 11.3 Å². The van der Waals surface area contributed by atoms with Gasteiger partial charge in [-0.25, -0.2) is 9.97 Å². The molecule has 0 fully saturated rings.